The van der Waals surface area contributed by atoms with Crippen molar-refractivity contribution in [1.29, 1.82) is 0 Å². The fourth-order valence-electron chi connectivity index (χ4n) is 3.60. The van der Waals surface area contributed by atoms with Gasteiger partial charge >= 0.3 is 6.03 Å². The highest BCUT2D eigenvalue weighted by atomic mass is 35.5. The molecule has 10 heteroatoms. The fourth-order valence-corrected chi connectivity index (χ4v) is 4.37. The number of urea groups is 1. The molecule has 1 aliphatic heterocycles. The number of halogens is 1. The molecule has 0 radical (unpaired) electrons. The molecule has 3 aromatic heterocycles. The first-order valence-electron chi connectivity index (χ1n) is 9.65. The van der Waals surface area contributed by atoms with Crippen molar-refractivity contribution in [2.75, 3.05) is 23.3 Å². The zero-order chi connectivity index (χ0) is 21.1. The third kappa shape index (κ3) is 4.85. The van der Waals surface area contributed by atoms with Crippen molar-refractivity contribution >= 4 is 40.0 Å². The van der Waals surface area contributed by atoms with E-state index in [2.05, 4.69) is 34.9 Å². The maximum atomic E-state index is 12.6. The Balaban J connectivity index is 1.52. The fraction of sp³-hybridized carbons (Fsp3) is 0.350. The molecule has 30 heavy (non-hydrogen) atoms. The lowest BCUT2D eigenvalue weighted by Crippen LogP contribution is -2.51. The molecule has 2 atom stereocenters. The van der Waals surface area contributed by atoms with Crippen LogP contribution in [0.1, 0.15) is 29.6 Å². The van der Waals surface area contributed by atoms with Crippen molar-refractivity contribution < 1.29 is 4.79 Å². The predicted octanol–water partition coefficient (Wildman–Crippen LogP) is 3.78. The number of hydrogen-bond acceptors (Lipinski definition) is 7. The first kappa shape index (κ1) is 20.5. The summed E-state index contributed by atoms with van der Waals surface area (Å²) in [5.74, 6) is 1.60. The van der Waals surface area contributed by atoms with E-state index in [0.29, 0.717) is 11.6 Å². The van der Waals surface area contributed by atoms with Crippen molar-refractivity contribution in [2.24, 2.45) is 0 Å². The van der Waals surface area contributed by atoms with Gasteiger partial charge in [-0.25, -0.2) is 14.8 Å². The highest BCUT2D eigenvalue weighted by Crippen LogP contribution is 2.29. The Kier molecular flexibility index (Phi) is 6.10. The van der Waals surface area contributed by atoms with Gasteiger partial charge in [0.2, 0.25) is 0 Å². The third-order valence-corrected chi connectivity index (χ3v) is 6.03. The topological polar surface area (TPSA) is 95.9 Å². The number of nitrogens with zero attached hydrogens (tertiary/aromatic N) is 5. The average molecular weight is 444 g/mol. The van der Waals surface area contributed by atoms with Gasteiger partial charge in [-0.15, -0.1) is 0 Å². The van der Waals surface area contributed by atoms with Crippen LogP contribution in [0.4, 0.5) is 15.6 Å². The largest absolute Gasteiger partial charge is 0.356 e. The Morgan fingerprint density at radius 1 is 1.27 bits per heavy atom. The van der Waals surface area contributed by atoms with Crippen molar-refractivity contribution in [3.63, 3.8) is 0 Å². The normalized spacial score (nSPS) is 18.8. The van der Waals surface area contributed by atoms with Crippen molar-refractivity contribution in [2.45, 2.75) is 32.2 Å². The molecule has 0 aliphatic carbocycles. The summed E-state index contributed by atoms with van der Waals surface area (Å²) in [6, 6.07) is 7.19. The molecule has 156 valence electrons. The van der Waals surface area contributed by atoms with E-state index in [1.54, 1.807) is 12.4 Å². The minimum atomic E-state index is -0.242. The first-order chi connectivity index (χ1) is 14.5. The maximum absolute atomic E-state index is 12.6. The maximum Gasteiger partial charge on any atom is 0.320 e. The summed E-state index contributed by atoms with van der Waals surface area (Å²) in [6.07, 6.45) is 4.16. The van der Waals surface area contributed by atoms with E-state index in [9.17, 15) is 4.79 Å². The van der Waals surface area contributed by atoms with E-state index in [0.717, 1.165) is 41.0 Å². The Morgan fingerprint density at radius 2 is 2.13 bits per heavy atom. The molecule has 0 saturated carbocycles. The summed E-state index contributed by atoms with van der Waals surface area (Å²) in [5.41, 5.74) is 1.76. The Labute approximate surface area is 183 Å². The van der Waals surface area contributed by atoms with Crippen LogP contribution in [0.2, 0.25) is 5.02 Å². The number of rotatable bonds is 4. The monoisotopic (exact) mass is 443 g/mol. The molecule has 3 aromatic rings. The van der Waals surface area contributed by atoms with Gasteiger partial charge in [-0.05, 0) is 56.1 Å². The number of piperidine rings is 1. The van der Waals surface area contributed by atoms with Gasteiger partial charge in [0, 0.05) is 43.1 Å². The van der Waals surface area contributed by atoms with Crippen LogP contribution in [-0.2, 0) is 0 Å². The van der Waals surface area contributed by atoms with Crippen LogP contribution >= 0.6 is 23.1 Å². The number of aryl methyl sites for hydroxylation is 2. The van der Waals surface area contributed by atoms with Crippen LogP contribution in [0.5, 0.6) is 0 Å². The molecule has 0 aromatic carbocycles. The number of pyridine rings is 1. The number of hydrogen-bond donors (Lipinski definition) is 2. The molecule has 0 spiro atoms. The number of anilines is 2. The Morgan fingerprint density at radius 3 is 2.83 bits per heavy atom. The van der Waals surface area contributed by atoms with Gasteiger partial charge in [-0.2, -0.15) is 4.37 Å². The minimum absolute atomic E-state index is 0.0137. The number of amides is 2. The van der Waals surface area contributed by atoms with Gasteiger partial charge in [-0.1, -0.05) is 11.6 Å². The summed E-state index contributed by atoms with van der Waals surface area (Å²) in [5, 5.41) is 7.30. The highest BCUT2D eigenvalue weighted by Gasteiger charge is 2.33. The quantitative estimate of drug-likeness (QED) is 0.637. The lowest BCUT2D eigenvalue weighted by molar-refractivity contribution is 0.243. The van der Waals surface area contributed by atoms with Crippen molar-refractivity contribution in [1.82, 2.24) is 24.6 Å². The van der Waals surface area contributed by atoms with Crippen LogP contribution in [-0.4, -0.2) is 44.5 Å². The number of carbonyl (C=O) groups is 1. The Hall–Kier alpha value is -2.78. The molecule has 8 nitrogen and oxygen atoms in total. The first-order valence-corrected chi connectivity index (χ1v) is 10.8. The number of nitrogens with one attached hydrogen (secondary N) is 2. The van der Waals surface area contributed by atoms with Gasteiger partial charge in [0.25, 0.3) is 0 Å². The van der Waals surface area contributed by atoms with E-state index in [4.69, 9.17) is 11.6 Å². The molecule has 4 rings (SSSR count). The molecule has 1 aliphatic rings. The molecule has 2 amide bonds. The van der Waals surface area contributed by atoms with Crippen LogP contribution in [0.25, 0.3) is 0 Å². The van der Waals surface area contributed by atoms with E-state index in [1.807, 2.05) is 38.1 Å². The second-order valence-electron chi connectivity index (χ2n) is 7.24. The Bertz CT molecular complexity index is 1030. The van der Waals surface area contributed by atoms with Crippen LogP contribution in [0.15, 0.2) is 36.7 Å². The molecular weight excluding hydrogens is 422 g/mol. The molecule has 1 fully saturated rings. The molecule has 0 unspecified atom stereocenters. The summed E-state index contributed by atoms with van der Waals surface area (Å²) in [6.45, 7) is 5.22. The van der Waals surface area contributed by atoms with E-state index < -0.39 is 0 Å². The van der Waals surface area contributed by atoms with Crippen LogP contribution < -0.4 is 15.5 Å². The van der Waals surface area contributed by atoms with Gasteiger partial charge in [0.05, 0.1) is 10.7 Å². The van der Waals surface area contributed by atoms with Gasteiger partial charge in [0.15, 0.2) is 0 Å². The third-order valence-electron chi connectivity index (χ3n) is 5.01. The minimum Gasteiger partial charge on any atom is -0.356 e. The molecule has 4 heterocycles. The highest BCUT2D eigenvalue weighted by molar-refractivity contribution is 7.10. The zero-order valence-electron chi connectivity index (χ0n) is 16.7. The van der Waals surface area contributed by atoms with Gasteiger partial charge in [-0.3, -0.25) is 10.3 Å². The second-order valence-corrected chi connectivity index (χ2v) is 8.48. The van der Waals surface area contributed by atoms with E-state index >= 15 is 0 Å². The number of aromatic nitrogens is 4. The molecule has 0 bridgehead atoms. The van der Waals surface area contributed by atoms with E-state index in [-0.39, 0.29) is 18.0 Å². The second kappa shape index (κ2) is 8.93. The zero-order valence-corrected chi connectivity index (χ0v) is 18.2. The van der Waals surface area contributed by atoms with Crippen molar-refractivity contribution in [3.8, 4) is 0 Å². The summed E-state index contributed by atoms with van der Waals surface area (Å²) < 4.78 is 4.20. The standard InChI is InChI=1S/C20H22ClN7OS/c1-12-9-19(30-27-12)26-20(29)25-17-6-8-28(18-5-7-22-13(2)24-18)11-15(17)16-4-3-14(21)10-23-16/h3-5,7,9-10,15,17H,6,8,11H2,1-2H3,(H2,25,26,29)/t15-,17+/m0/s1. The van der Waals surface area contributed by atoms with Crippen LogP contribution in [0.3, 0.4) is 0 Å². The summed E-state index contributed by atoms with van der Waals surface area (Å²) in [4.78, 5) is 28.1. The van der Waals surface area contributed by atoms with Crippen molar-refractivity contribution in [3.05, 3.63) is 58.9 Å². The summed E-state index contributed by atoms with van der Waals surface area (Å²) >= 11 is 7.30. The lowest BCUT2D eigenvalue weighted by atomic mass is 9.89. The number of carbonyl (C=O) groups excluding carboxylic acids is 1. The lowest BCUT2D eigenvalue weighted by Gasteiger charge is -2.39. The van der Waals surface area contributed by atoms with Crippen LogP contribution in [0, 0.1) is 13.8 Å². The smallest absolute Gasteiger partial charge is 0.320 e. The van der Waals surface area contributed by atoms with E-state index in [1.165, 1.54) is 11.5 Å². The predicted molar refractivity (Wildman–Crippen MR) is 118 cm³/mol. The summed E-state index contributed by atoms with van der Waals surface area (Å²) in [7, 11) is 0. The van der Waals surface area contributed by atoms with Gasteiger partial charge < -0.3 is 10.2 Å². The molecule has 2 N–H and O–H groups in total. The molecular formula is C20H22ClN7OS. The SMILES string of the molecule is Cc1cc(NC(=O)N[C@@H]2CCN(c3ccnc(C)n3)C[C@H]2c2ccc(Cl)cn2)sn1. The molecule has 1 saturated heterocycles. The average Bonchev–Trinajstić information content (AvgIpc) is 3.13. The van der Waals surface area contributed by atoms with Gasteiger partial charge in [0.1, 0.15) is 16.6 Å².